The summed E-state index contributed by atoms with van der Waals surface area (Å²) in [7, 11) is 0. The van der Waals surface area contributed by atoms with Gasteiger partial charge in [-0.25, -0.2) is 0 Å². The maximum Gasteiger partial charge on any atom is 0.255 e. The van der Waals surface area contributed by atoms with Crippen molar-refractivity contribution in [1.82, 2.24) is 20.9 Å². The van der Waals surface area contributed by atoms with Crippen LogP contribution in [0.1, 0.15) is 40.7 Å². The largest absolute Gasteiger partial charge is 0.322 e. The van der Waals surface area contributed by atoms with E-state index >= 15 is 0 Å². The molecule has 3 aliphatic heterocycles. The van der Waals surface area contributed by atoms with Gasteiger partial charge in [0.05, 0.1) is 0 Å². The average molecular weight is 382 g/mol. The van der Waals surface area contributed by atoms with E-state index < -0.39 is 6.04 Å². The minimum Gasteiger partial charge on any atom is -0.322 e. The van der Waals surface area contributed by atoms with Gasteiger partial charge in [0.1, 0.15) is 6.04 Å². The molecule has 0 spiro atoms. The zero-order chi connectivity index (χ0) is 19.3. The predicted octanol–water partition coefficient (Wildman–Crippen LogP) is 0.393. The van der Waals surface area contributed by atoms with Gasteiger partial charge in [-0.15, -0.1) is 0 Å². The molecule has 28 heavy (non-hydrogen) atoms. The first-order valence-electron chi connectivity index (χ1n) is 10.3. The predicted molar refractivity (Wildman–Crippen MR) is 102 cm³/mol. The number of imide groups is 1. The monoisotopic (exact) mass is 382 g/mol. The highest BCUT2D eigenvalue weighted by molar-refractivity contribution is 6.05. The van der Waals surface area contributed by atoms with E-state index in [0.29, 0.717) is 18.5 Å². The molecule has 7 heteroatoms. The first-order valence-corrected chi connectivity index (χ1v) is 10.3. The number of hydrogen-bond donors (Lipinski definition) is 3. The summed E-state index contributed by atoms with van der Waals surface area (Å²) in [6.07, 6.45) is 1.99. The van der Waals surface area contributed by atoms with Crippen LogP contribution in [0.3, 0.4) is 0 Å². The van der Waals surface area contributed by atoms with Crippen LogP contribution < -0.4 is 16.0 Å². The Kier molecular flexibility index (Phi) is 4.44. The second-order valence-electron chi connectivity index (χ2n) is 8.55. The van der Waals surface area contributed by atoms with Gasteiger partial charge >= 0.3 is 0 Å². The highest BCUT2D eigenvalue weighted by Crippen LogP contribution is 2.42. The van der Waals surface area contributed by atoms with E-state index in [9.17, 15) is 14.4 Å². The molecule has 148 valence electrons. The van der Waals surface area contributed by atoms with Crippen LogP contribution in [0, 0.1) is 17.8 Å². The molecule has 5 rings (SSSR count). The van der Waals surface area contributed by atoms with Crippen molar-refractivity contribution < 1.29 is 14.4 Å². The third kappa shape index (κ3) is 2.93. The van der Waals surface area contributed by atoms with E-state index in [4.69, 9.17) is 0 Å². The van der Waals surface area contributed by atoms with Crippen LogP contribution in [0.2, 0.25) is 0 Å². The van der Waals surface area contributed by atoms with Gasteiger partial charge in [0, 0.05) is 25.1 Å². The Morgan fingerprint density at radius 3 is 2.89 bits per heavy atom. The number of amides is 3. The summed E-state index contributed by atoms with van der Waals surface area (Å²) in [4.78, 5) is 38.1. The Bertz CT molecular complexity index is 839. The number of hydrogen-bond acceptors (Lipinski definition) is 5. The molecular weight excluding hydrogens is 356 g/mol. The van der Waals surface area contributed by atoms with E-state index in [1.165, 1.54) is 13.0 Å². The molecule has 7 nitrogen and oxygen atoms in total. The molecule has 3 heterocycles. The number of piperidine rings is 1. The van der Waals surface area contributed by atoms with E-state index in [1.807, 2.05) is 12.1 Å². The van der Waals surface area contributed by atoms with Crippen LogP contribution in [-0.2, 0) is 22.7 Å². The number of benzene rings is 1. The summed E-state index contributed by atoms with van der Waals surface area (Å²) >= 11 is 0. The van der Waals surface area contributed by atoms with Crippen molar-refractivity contribution >= 4 is 17.7 Å². The molecule has 1 aromatic carbocycles. The molecule has 1 aliphatic carbocycles. The van der Waals surface area contributed by atoms with Crippen molar-refractivity contribution in [1.29, 1.82) is 0 Å². The van der Waals surface area contributed by atoms with Crippen molar-refractivity contribution in [2.75, 3.05) is 19.6 Å². The fourth-order valence-corrected chi connectivity index (χ4v) is 5.37. The first-order chi connectivity index (χ1) is 13.6. The van der Waals surface area contributed by atoms with E-state index in [0.717, 1.165) is 48.5 Å². The molecule has 4 aliphatic rings. The van der Waals surface area contributed by atoms with Gasteiger partial charge in [-0.05, 0) is 67.4 Å². The molecule has 4 atom stereocenters. The summed E-state index contributed by atoms with van der Waals surface area (Å²) in [6, 6.07) is 5.27. The van der Waals surface area contributed by atoms with Crippen molar-refractivity contribution in [2.45, 2.75) is 38.4 Å². The fraction of sp³-hybridized carbons (Fsp3) is 0.571. The van der Waals surface area contributed by atoms with Crippen LogP contribution >= 0.6 is 0 Å². The number of fused-ring (bicyclic) bond motifs is 2. The molecule has 0 bridgehead atoms. The van der Waals surface area contributed by atoms with E-state index in [1.54, 1.807) is 4.90 Å². The summed E-state index contributed by atoms with van der Waals surface area (Å²) < 4.78 is 0. The second kappa shape index (κ2) is 6.97. The van der Waals surface area contributed by atoms with Gasteiger partial charge in [0.25, 0.3) is 5.91 Å². The Morgan fingerprint density at radius 2 is 2.07 bits per heavy atom. The van der Waals surface area contributed by atoms with Gasteiger partial charge < -0.3 is 15.5 Å². The molecule has 3 N–H and O–H groups in total. The first kappa shape index (κ1) is 17.8. The lowest BCUT2D eigenvalue weighted by atomic mass is 9.67. The average Bonchev–Trinajstić information content (AvgIpc) is 3.20. The number of carbonyl (C=O) groups is 3. The molecule has 3 fully saturated rings. The van der Waals surface area contributed by atoms with Crippen LogP contribution in [0.15, 0.2) is 18.2 Å². The second-order valence-corrected chi connectivity index (χ2v) is 8.55. The van der Waals surface area contributed by atoms with Crippen molar-refractivity contribution in [3.05, 3.63) is 34.9 Å². The lowest BCUT2D eigenvalue weighted by Crippen LogP contribution is -2.52. The Balaban J connectivity index is 1.24. The number of nitrogens with one attached hydrogen (secondary N) is 3. The fourth-order valence-electron chi connectivity index (χ4n) is 5.37. The third-order valence-electron chi connectivity index (χ3n) is 7.00. The molecule has 2 saturated heterocycles. The number of nitrogens with zero attached hydrogens (tertiary/aromatic N) is 1. The van der Waals surface area contributed by atoms with Gasteiger partial charge in [-0.1, -0.05) is 12.1 Å². The Hall–Kier alpha value is -2.25. The maximum atomic E-state index is 12.9. The summed E-state index contributed by atoms with van der Waals surface area (Å²) in [5.41, 5.74) is 2.83. The lowest BCUT2D eigenvalue weighted by Gasteiger charge is -2.39. The number of carbonyl (C=O) groups excluding carboxylic acids is 3. The smallest absolute Gasteiger partial charge is 0.255 e. The van der Waals surface area contributed by atoms with Crippen LogP contribution in [0.5, 0.6) is 0 Å². The van der Waals surface area contributed by atoms with Gasteiger partial charge in [-0.2, -0.15) is 0 Å². The highest BCUT2D eigenvalue weighted by Gasteiger charge is 2.43. The standard InChI is InChI=1S/C21H26N4O3/c26-19-5-4-18(20(27)24-19)25-11-17-12(2-1-3-15(17)21(25)28)7-22-8-13-6-14-9-23-10-16(13)14/h1-3,13-14,16,18,22-23H,4-11H2,(H,24,26,27)/t13-,14-,16-,18?/m0/s1. The molecule has 1 unspecified atom stereocenters. The summed E-state index contributed by atoms with van der Waals surface area (Å²) in [5.74, 6) is 1.71. The number of rotatable bonds is 5. The zero-order valence-electron chi connectivity index (χ0n) is 15.9. The lowest BCUT2D eigenvalue weighted by molar-refractivity contribution is -0.136. The topological polar surface area (TPSA) is 90.5 Å². The molecule has 0 radical (unpaired) electrons. The van der Waals surface area contributed by atoms with Crippen LogP contribution in [0.25, 0.3) is 0 Å². The van der Waals surface area contributed by atoms with Gasteiger partial charge in [0.15, 0.2) is 0 Å². The summed E-state index contributed by atoms with van der Waals surface area (Å²) in [5, 5.41) is 9.42. The Morgan fingerprint density at radius 1 is 1.18 bits per heavy atom. The SMILES string of the molecule is O=C1CCC(N2Cc3c(CNC[C@@H]4C[C@H]5CNC[C@@H]45)cccc3C2=O)C(=O)N1. The maximum absolute atomic E-state index is 12.9. The zero-order valence-corrected chi connectivity index (χ0v) is 15.9. The molecule has 0 aromatic heterocycles. The molecule has 1 aromatic rings. The van der Waals surface area contributed by atoms with Crippen molar-refractivity contribution in [3.8, 4) is 0 Å². The van der Waals surface area contributed by atoms with Gasteiger partial charge in [0.2, 0.25) is 11.8 Å². The van der Waals surface area contributed by atoms with Gasteiger partial charge in [-0.3, -0.25) is 19.7 Å². The normalized spacial score (nSPS) is 31.4. The van der Waals surface area contributed by atoms with Crippen LogP contribution in [0.4, 0.5) is 0 Å². The minimum absolute atomic E-state index is 0.106. The Labute approximate surface area is 164 Å². The van der Waals surface area contributed by atoms with Crippen LogP contribution in [-0.4, -0.2) is 48.3 Å². The molecule has 1 saturated carbocycles. The molecular formula is C21H26N4O3. The minimum atomic E-state index is -0.555. The third-order valence-corrected chi connectivity index (χ3v) is 7.00. The molecule has 3 amide bonds. The summed E-state index contributed by atoms with van der Waals surface area (Å²) in [6.45, 7) is 4.51. The van der Waals surface area contributed by atoms with E-state index in [-0.39, 0.29) is 24.1 Å². The van der Waals surface area contributed by atoms with Crippen molar-refractivity contribution in [2.24, 2.45) is 17.8 Å². The highest BCUT2D eigenvalue weighted by atomic mass is 16.2. The quantitative estimate of drug-likeness (QED) is 0.641. The van der Waals surface area contributed by atoms with Crippen molar-refractivity contribution in [3.63, 3.8) is 0 Å². The van der Waals surface area contributed by atoms with E-state index in [2.05, 4.69) is 22.0 Å².